The average molecular weight is 276 g/mol. The summed E-state index contributed by atoms with van der Waals surface area (Å²) < 4.78 is 0. The minimum Gasteiger partial charge on any atom is -0.354 e. The molecule has 1 aromatic rings. The minimum absolute atomic E-state index is 0.206. The maximum atomic E-state index is 4.64. The third-order valence-electron chi connectivity index (χ3n) is 4.16. The SMILES string of the molecule is CC(C)NCc1ccc(N2CCN(C)C(C)(C)C2)nc1. The van der Waals surface area contributed by atoms with Crippen molar-refractivity contribution in [3.63, 3.8) is 0 Å². The van der Waals surface area contributed by atoms with Crippen molar-refractivity contribution in [3.05, 3.63) is 23.9 Å². The van der Waals surface area contributed by atoms with Crippen LogP contribution in [0.1, 0.15) is 33.3 Å². The van der Waals surface area contributed by atoms with Crippen LogP contribution in [0, 0.1) is 0 Å². The zero-order valence-corrected chi connectivity index (χ0v) is 13.5. The lowest BCUT2D eigenvalue weighted by atomic mass is 10.00. The van der Waals surface area contributed by atoms with E-state index in [0.717, 1.165) is 32.0 Å². The number of hydrogen-bond donors (Lipinski definition) is 1. The Labute approximate surface area is 123 Å². The molecule has 0 bridgehead atoms. The van der Waals surface area contributed by atoms with E-state index >= 15 is 0 Å². The molecule has 1 fully saturated rings. The highest BCUT2D eigenvalue weighted by atomic mass is 15.3. The van der Waals surface area contributed by atoms with Gasteiger partial charge < -0.3 is 10.2 Å². The normalized spacial score (nSPS) is 19.6. The molecule has 4 nitrogen and oxygen atoms in total. The maximum absolute atomic E-state index is 4.64. The van der Waals surface area contributed by atoms with Crippen LogP contribution in [0.25, 0.3) is 0 Å². The summed E-state index contributed by atoms with van der Waals surface area (Å²) in [5.41, 5.74) is 1.45. The summed E-state index contributed by atoms with van der Waals surface area (Å²) >= 11 is 0. The lowest BCUT2D eigenvalue weighted by Crippen LogP contribution is -2.57. The number of nitrogens with zero attached hydrogens (tertiary/aromatic N) is 3. The molecule has 0 aromatic carbocycles. The monoisotopic (exact) mass is 276 g/mol. The predicted octanol–water partition coefficient (Wildman–Crippen LogP) is 2.11. The van der Waals surface area contributed by atoms with Crippen molar-refractivity contribution in [3.8, 4) is 0 Å². The van der Waals surface area contributed by atoms with Crippen LogP contribution in [-0.4, -0.2) is 48.1 Å². The largest absolute Gasteiger partial charge is 0.354 e. The van der Waals surface area contributed by atoms with Gasteiger partial charge in [-0.05, 0) is 32.5 Å². The molecule has 1 aromatic heterocycles. The molecule has 112 valence electrons. The molecule has 1 aliphatic heterocycles. The number of nitrogens with one attached hydrogen (secondary N) is 1. The molecule has 0 aliphatic carbocycles. The maximum Gasteiger partial charge on any atom is 0.128 e. The van der Waals surface area contributed by atoms with Crippen molar-refractivity contribution in [2.75, 3.05) is 31.6 Å². The summed E-state index contributed by atoms with van der Waals surface area (Å²) in [6, 6.07) is 4.84. The summed E-state index contributed by atoms with van der Waals surface area (Å²) in [5.74, 6) is 1.10. The van der Waals surface area contributed by atoms with E-state index in [1.165, 1.54) is 5.56 Å². The van der Waals surface area contributed by atoms with Gasteiger partial charge in [0.15, 0.2) is 0 Å². The zero-order chi connectivity index (χ0) is 14.8. The smallest absolute Gasteiger partial charge is 0.128 e. The van der Waals surface area contributed by atoms with Crippen molar-refractivity contribution in [2.24, 2.45) is 0 Å². The molecule has 1 aliphatic rings. The van der Waals surface area contributed by atoms with Gasteiger partial charge in [-0.15, -0.1) is 0 Å². The first-order valence-corrected chi connectivity index (χ1v) is 7.53. The first-order valence-electron chi connectivity index (χ1n) is 7.53. The third-order valence-corrected chi connectivity index (χ3v) is 4.16. The van der Waals surface area contributed by atoms with Crippen LogP contribution in [0.4, 0.5) is 5.82 Å². The van der Waals surface area contributed by atoms with Crippen LogP contribution < -0.4 is 10.2 Å². The number of aromatic nitrogens is 1. The Balaban J connectivity index is 1.99. The van der Waals surface area contributed by atoms with E-state index < -0.39 is 0 Å². The lowest BCUT2D eigenvalue weighted by molar-refractivity contribution is 0.138. The zero-order valence-electron chi connectivity index (χ0n) is 13.5. The highest BCUT2D eigenvalue weighted by Crippen LogP contribution is 2.23. The van der Waals surface area contributed by atoms with Gasteiger partial charge >= 0.3 is 0 Å². The van der Waals surface area contributed by atoms with Gasteiger partial charge in [-0.1, -0.05) is 19.9 Å². The number of piperazine rings is 1. The molecular formula is C16H28N4. The van der Waals surface area contributed by atoms with Gasteiger partial charge in [0.25, 0.3) is 0 Å². The Morgan fingerprint density at radius 1 is 1.30 bits per heavy atom. The molecule has 2 rings (SSSR count). The predicted molar refractivity (Wildman–Crippen MR) is 85.1 cm³/mol. The fourth-order valence-corrected chi connectivity index (χ4v) is 2.47. The standard InChI is InChI=1S/C16H28N4/c1-13(2)17-10-14-6-7-15(18-11-14)20-9-8-19(5)16(3,4)12-20/h6-7,11,13,17H,8-10,12H2,1-5H3. The second kappa shape index (κ2) is 6.10. The molecule has 0 amide bonds. The average Bonchev–Trinajstić information content (AvgIpc) is 2.40. The summed E-state index contributed by atoms with van der Waals surface area (Å²) in [6.45, 7) is 13.0. The summed E-state index contributed by atoms with van der Waals surface area (Å²) in [7, 11) is 2.20. The molecule has 0 radical (unpaired) electrons. The molecular weight excluding hydrogens is 248 g/mol. The van der Waals surface area contributed by atoms with E-state index in [4.69, 9.17) is 0 Å². The molecule has 1 N–H and O–H groups in total. The van der Waals surface area contributed by atoms with Crippen LogP contribution in [0.15, 0.2) is 18.3 Å². The third kappa shape index (κ3) is 3.70. The van der Waals surface area contributed by atoms with Crippen molar-refractivity contribution in [1.29, 1.82) is 0 Å². The Morgan fingerprint density at radius 3 is 2.60 bits per heavy atom. The van der Waals surface area contributed by atoms with Gasteiger partial charge in [0.2, 0.25) is 0 Å². The highest BCUT2D eigenvalue weighted by molar-refractivity contribution is 5.40. The van der Waals surface area contributed by atoms with Crippen molar-refractivity contribution >= 4 is 5.82 Å². The van der Waals surface area contributed by atoms with E-state index in [1.54, 1.807) is 0 Å². The highest BCUT2D eigenvalue weighted by Gasteiger charge is 2.31. The lowest BCUT2D eigenvalue weighted by Gasteiger charge is -2.45. The Hall–Kier alpha value is -1.13. The summed E-state index contributed by atoms with van der Waals surface area (Å²) in [6.07, 6.45) is 2.00. The summed E-state index contributed by atoms with van der Waals surface area (Å²) in [4.78, 5) is 9.45. The van der Waals surface area contributed by atoms with Gasteiger partial charge in [0.1, 0.15) is 5.82 Å². The molecule has 0 spiro atoms. The Morgan fingerprint density at radius 2 is 2.05 bits per heavy atom. The molecule has 4 heteroatoms. The molecule has 1 saturated heterocycles. The second-order valence-electron chi connectivity index (χ2n) is 6.72. The van der Waals surface area contributed by atoms with Gasteiger partial charge in [-0.25, -0.2) is 4.98 Å². The van der Waals surface area contributed by atoms with Crippen LogP contribution in [0.2, 0.25) is 0 Å². The quantitative estimate of drug-likeness (QED) is 0.912. The van der Waals surface area contributed by atoms with Crippen molar-refractivity contribution in [1.82, 2.24) is 15.2 Å². The van der Waals surface area contributed by atoms with Crippen LogP contribution >= 0.6 is 0 Å². The van der Waals surface area contributed by atoms with Crippen molar-refractivity contribution in [2.45, 2.75) is 45.8 Å². The van der Waals surface area contributed by atoms with Gasteiger partial charge in [-0.3, -0.25) is 4.90 Å². The van der Waals surface area contributed by atoms with E-state index in [9.17, 15) is 0 Å². The fourth-order valence-electron chi connectivity index (χ4n) is 2.47. The van der Waals surface area contributed by atoms with Gasteiger partial charge in [0, 0.05) is 44.0 Å². The van der Waals surface area contributed by atoms with E-state index in [-0.39, 0.29) is 5.54 Å². The van der Waals surface area contributed by atoms with Gasteiger partial charge in [-0.2, -0.15) is 0 Å². The molecule has 0 saturated carbocycles. The first-order chi connectivity index (χ1) is 9.38. The fraction of sp³-hybridized carbons (Fsp3) is 0.688. The number of anilines is 1. The number of hydrogen-bond acceptors (Lipinski definition) is 4. The van der Waals surface area contributed by atoms with E-state index in [1.807, 2.05) is 6.20 Å². The number of rotatable bonds is 4. The Kier molecular flexibility index (Phi) is 4.66. The molecule has 2 heterocycles. The van der Waals surface area contributed by atoms with E-state index in [0.29, 0.717) is 6.04 Å². The molecule has 0 unspecified atom stereocenters. The molecule has 20 heavy (non-hydrogen) atoms. The van der Waals surface area contributed by atoms with Crippen LogP contribution in [0.3, 0.4) is 0 Å². The Bertz CT molecular complexity index is 425. The summed E-state index contributed by atoms with van der Waals surface area (Å²) in [5, 5.41) is 3.42. The second-order valence-corrected chi connectivity index (χ2v) is 6.72. The topological polar surface area (TPSA) is 31.4 Å². The van der Waals surface area contributed by atoms with Crippen molar-refractivity contribution < 1.29 is 0 Å². The van der Waals surface area contributed by atoms with Gasteiger partial charge in [0.05, 0.1) is 0 Å². The number of pyridine rings is 1. The molecule has 0 atom stereocenters. The van der Waals surface area contributed by atoms with E-state index in [2.05, 4.69) is 67.0 Å². The van der Waals surface area contributed by atoms with Crippen LogP contribution in [-0.2, 0) is 6.54 Å². The van der Waals surface area contributed by atoms with Crippen LogP contribution in [0.5, 0.6) is 0 Å². The minimum atomic E-state index is 0.206. The first kappa shape index (κ1) is 15.3. The number of likely N-dealkylation sites (N-methyl/N-ethyl adjacent to an activating group) is 1.